The van der Waals surface area contributed by atoms with Gasteiger partial charge in [-0.2, -0.15) is 0 Å². The summed E-state index contributed by atoms with van der Waals surface area (Å²) in [6, 6.07) is 0. The summed E-state index contributed by atoms with van der Waals surface area (Å²) in [5.41, 5.74) is 0. The van der Waals surface area contributed by atoms with Crippen LogP contribution >= 0.6 is 0 Å². The van der Waals surface area contributed by atoms with E-state index < -0.39 is 6.10 Å². The van der Waals surface area contributed by atoms with Crippen LogP contribution in [0.25, 0.3) is 0 Å². The minimum atomic E-state index is -0.794. The van der Waals surface area contributed by atoms with Gasteiger partial charge in [-0.3, -0.25) is 9.59 Å². The van der Waals surface area contributed by atoms with Gasteiger partial charge in [0.15, 0.2) is 6.10 Å². The Morgan fingerprint density at radius 1 is 0.414 bits per heavy atom. The maximum Gasteiger partial charge on any atom is 0.306 e. The first-order valence-corrected chi connectivity index (χ1v) is 22.7. The minimum absolute atomic E-state index is 0.0871. The maximum atomic E-state index is 12.1. The first kappa shape index (κ1) is 54.0. The molecule has 0 bridgehead atoms. The van der Waals surface area contributed by atoms with E-state index in [4.69, 9.17) is 9.47 Å². The Morgan fingerprint density at radius 3 is 1.12 bits per heavy atom. The molecule has 0 spiro atoms. The second-order valence-electron chi connectivity index (χ2n) is 14.4. The average Bonchev–Trinajstić information content (AvgIpc) is 3.23. The van der Waals surface area contributed by atoms with E-state index >= 15 is 0 Å². The Kier molecular flexibility index (Phi) is 44.2. The lowest BCUT2D eigenvalue weighted by molar-refractivity contribution is -0.161. The summed E-state index contributed by atoms with van der Waals surface area (Å²) in [6.07, 6.45) is 71.3. The molecule has 0 saturated heterocycles. The smallest absolute Gasteiger partial charge is 0.306 e. The second kappa shape index (κ2) is 47.4. The van der Waals surface area contributed by atoms with Crippen LogP contribution in [0.4, 0.5) is 0 Å². The first-order valence-electron chi connectivity index (χ1n) is 22.7. The van der Waals surface area contributed by atoms with Crippen LogP contribution in [0.1, 0.15) is 168 Å². The quantitative estimate of drug-likeness (QED) is 0.0381. The number of allylic oxidation sites excluding steroid dienone is 22. The Bertz CT molecular complexity index is 1270. The zero-order valence-electron chi connectivity index (χ0n) is 36.7. The van der Waals surface area contributed by atoms with Gasteiger partial charge in [0.1, 0.15) is 6.61 Å². The van der Waals surface area contributed by atoms with Gasteiger partial charge in [-0.05, 0) is 96.3 Å². The summed E-state index contributed by atoms with van der Waals surface area (Å²) < 4.78 is 10.5. The van der Waals surface area contributed by atoms with Gasteiger partial charge in [0.05, 0.1) is 6.61 Å². The maximum absolute atomic E-state index is 12.1. The number of aliphatic hydroxyl groups excluding tert-OH is 1. The molecule has 0 aromatic carbocycles. The molecule has 0 saturated carbocycles. The van der Waals surface area contributed by atoms with Gasteiger partial charge >= 0.3 is 11.9 Å². The fourth-order valence-electron chi connectivity index (χ4n) is 5.56. The molecular formula is C53H82O5. The van der Waals surface area contributed by atoms with Crippen molar-refractivity contribution in [1.29, 1.82) is 0 Å². The number of carbonyl (C=O) groups is 2. The molecular weight excluding hydrogens is 717 g/mol. The number of ether oxygens (including phenoxy) is 2. The molecule has 0 fully saturated rings. The van der Waals surface area contributed by atoms with Crippen molar-refractivity contribution in [3.05, 3.63) is 134 Å². The van der Waals surface area contributed by atoms with Crippen molar-refractivity contribution >= 4 is 11.9 Å². The van der Waals surface area contributed by atoms with E-state index in [0.29, 0.717) is 12.8 Å². The third-order valence-electron chi connectivity index (χ3n) is 8.96. The Balaban J connectivity index is 3.71. The third-order valence-corrected chi connectivity index (χ3v) is 8.96. The van der Waals surface area contributed by atoms with E-state index in [9.17, 15) is 14.7 Å². The van der Waals surface area contributed by atoms with Crippen molar-refractivity contribution in [2.24, 2.45) is 0 Å². The lowest BCUT2D eigenvalue weighted by Crippen LogP contribution is -2.28. The minimum Gasteiger partial charge on any atom is -0.462 e. The molecule has 1 unspecified atom stereocenters. The van der Waals surface area contributed by atoms with Crippen LogP contribution in [0.3, 0.4) is 0 Å². The normalized spacial score (nSPS) is 13.5. The number of esters is 2. The number of hydrogen-bond acceptors (Lipinski definition) is 5. The number of aliphatic hydroxyl groups is 1. The Morgan fingerprint density at radius 2 is 0.741 bits per heavy atom. The summed E-state index contributed by atoms with van der Waals surface area (Å²) in [7, 11) is 0. The molecule has 1 atom stereocenters. The summed E-state index contributed by atoms with van der Waals surface area (Å²) in [5, 5.41) is 9.51. The van der Waals surface area contributed by atoms with Gasteiger partial charge in [-0.15, -0.1) is 0 Å². The molecule has 0 aliphatic rings. The molecule has 5 heteroatoms. The number of hydrogen-bond donors (Lipinski definition) is 1. The van der Waals surface area contributed by atoms with Crippen molar-refractivity contribution in [1.82, 2.24) is 0 Å². The SMILES string of the molecule is CC/C=C\C/C=C\C/C=C\C/C=C\C/C=C\C/C=C\C/C=C\C/C=C\C/C=C\C/C=C\C/C=C\CCCCCC(=O)OC(CO)COC(=O)CCCCCCCCC. The monoisotopic (exact) mass is 799 g/mol. The average molecular weight is 799 g/mol. The van der Waals surface area contributed by atoms with Gasteiger partial charge < -0.3 is 14.6 Å². The van der Waals surface area contributed by atoms with Crippen molar-refractivity contribution in [3.63, 3.8) is 0 Å². The molecule has 1 N–H and O–H groups in total. The van der Waals surface area contributed by atoms with E-state index in [-0.39, 0.29) is 25.2 Å². The first-order chi connectivity index (χ1) is 28.6. The highest BCUT2D eigenvalue weighted by molar-refractivity contribution is 5.70. The molecule has 0 amide bonds. The van der Waals surface area contributed by atoms with Crippen LogP contribution < -0.4 is 0 Å². The predicted octanol–water partition coefficient (Wildman–Crippen LogP) is 15.0. The summed E-state index contributed by atoms with van der Waals surface area (Å²) in [5.74, 6) is -0.649. The van der Waals surface area contributed by atoms with E-state index in [1.807, 2.05) is 0 Å². The van der Waals surface area contributed by atoms with E-state index in [1.54, 1.807) is 0 Å². The molecule has 0 aliphatic carbocycles. The fraction of sp³-hybridized carbons (Fsp3) is 0.547. The van der Waals surface area contributed by atoms with E-state index in [1.165, 1.54) is 25.7 Å². The molecule has 324 valence electrons. The molecule has 0 rings (SSSR count). The standard InChI is InChI=1S/C53H82O5/c1-3-5-7-9-11-12-13-14-15-16-17-18-19-20-21-22-23-24-25-26-27-28-29-30-31-32-33-34-35-36-37-38-39-40-42-44-46-48-53(56)58-51(49-54)50-57-52(55)47-45-43-41-10-8-6-4-2/h5,7,11-12,14-15,17-18,20-21,23-24,26-27,29-30,32-33,35-36,38-39,51,54H,3-4,6,8-10,13,16,19,22,25,28,31,34,37,40-50H2,1-2H3/b7-5-,12-11-,15-14-,18-17-,21-20-,24-23-,27-26-,30-29-,33-32-,36-35-,39-38-. The van der Waals surface area contributed by atoms with Gasteiger partial charge in [0.25, 0.3) is 0 Å². The van der Waals surface area contributed by atoms with Crippen molar-refractivity contribution in [2.75, 3.05) is 13.2 Å². The third kappa shape index (κ3) is 44.8. The molecule has 0 aliphatic heterocycles. The topological polar surface area (TPSA) is 72.8 Å². The second-order valence-corrected chi connectivity index (χ2v) is 14.4. The van der Waals surface area contributed by atoms with Crippen molar-refractivity contribution in [2.45, 2.75) is 174 Å². The number of unbranched alkanes of at least 4 members (excludes halogenated alkanes) is 9. The highest BCUT2D eigenvalue weighted by Crippen LogP contribution is 2.10. The fourth-order valence-corrected chi connectivity index (χ4v) is 5.56. The predicted molar refractivity (Wildman–Crippen MR) is 251 cm³/mol. The number of carbonyl (C=O) groups excluding carboxylic acids is 2. The molecule has 0 heterocycles. The highest BCUT2D eigenvalue weighted by Gasteiger charge is 2.16. The van der Waals surface area contributed by atoms with Crippen molar-refractivity contribution in [3.8, 4) is 0 Å². The molecule has 58 heavy (non-hydrogen) atoms. The van der Waals surface area contributed by atoms with Gasteiger partial charge in [-0.25, -0.2) is 0 Å². The van der Waals surface area contributed by atoms with Crippen LogP contribution in [-0.2, 0) is 19.1 Å². The molecule has 5 nitrogen and oxygen atoms in total. The lowest BCUT2D eigenvalue weighted by Gasteiger charge is -2.15. The van der Waals surface area contributed by atoms with Gasteiger partial charge in [0, 0.05) is 12.8 Å². The summed E-state index contributed by atoms with van der Waals surface area (Å²) in [6.45, 7) is 3.92. The van der Waals surface area contributed by atoms with Gasteiger partial charge in [0.2, 0.25) is 0 Å². The van der Waals surface area contributed by atoms with E-state index in [0.717, 1.165) is 116 Å². The Hall–Kier alpha value is -3.96. The van der Waals surface area contributed by atoms with Crippen LogP contribution in [0.2, 0.25) is 0 Å². The van der Waals surface area contributed by atoms with Gasteiger partial charge in [-0.1, -0.05) is 192 Å². The summed E-state index contributed by atoms with van der Waals surface area (Å²) in [4.78, 5) is 24.1. The van der Waals surface area contributed by atoms with Crippen LogP contribution in [0, 0.1) is 0 Å². The molecule has 0 aromatic rings. The van der Waals surface area contributed by atoms with E-state index in [2.05, 4.69) is 148 Å². The molecule has 0 radical (unpaired) electrons. The number of rotatable bonds is 39. The Labute approximate surface area is 355 Å². The highest BCUT2D eigenvalue weighted by atomic mass is 16.6. The zero-order chi connectivity index (χ0) is 42.1. The van der Waals surface area contributed by atoms with Crippen LogP contribution in [0.5, 0.6) is 0 Å². The molecule has 0 aromatic heterocycles. The van der Waals surface area contributed by atoms with Crippen LogP contribution in [-0.4, -0.2) is 36.4 Å². The summed E-state index contributed by atoms with van der Waals surface area (Å²) >= 11 is 0. The van der Waals surface area contributed by atoms with Crippen molar-refractivity contribution < 1.29 is 24.2 Å². The largest absolute Gasteiger partial charge is 0.462 e. The van der Waals surface area contributed by atoms with Crippen LogP contribution in [0.15, 0.2) is 134 Å². The lowest BCUT2D eigenvalue weighted by atomic mass is 10.1. The zero-order valence-corrected chi connectivity index (χ0v) is 36.7.